The molecule has 1 aromatic rings. The Labute approximate surface area is 99.9 Å². The Balaban J connectivity index is 0.00000106. The normalized spacial score (nSPS) is 10.3. The third-order valence-electron chi connectivity index (χ3n) is 2.85. The van der Waals surface area contributed by atoms with Crippen molar-refractivity contribution in [2.75, 3.05) is 0 Å². The fourth-order valence-corrected chi connectivity index (χ4v) is 1.22. The zero-order chi connectivity index (χ0) is 12.6. The van der Waals surface area contributed by atoms with Crippen LogP contribution in [0.1, 0.15) is 46.6 Å². The molecule has 0 fully saturated rings. The number of carbonyl (C=O) groups is 1. The van der Waals surface area contributed by atoms with Crippen LogP contribution in [0, 0.1) is 5.41 Å². The molecule has 1 nitrogen and oxygen atoms in total. The van der Waals surface area contributed by atoms with Crippen LogP contribution in [-0.2, 0) is 11.2 Å². The second-order valence-corrected chi connectivity index (χ2v) is 4.32. The molecule has 0 heterocycles. The van der Waals surface area contributed by atoms with Crippen LogP contribution in [0.2, 0.25) is 0 Å². The predicted molar refractivity (Wildman–Crippen MR) is 70.6 cm³/mol. The van der Waals surface area contributed by atoms with Gasteiger partial charge in [-0.2, -0.15) is 0 Å². The monoisotopic (exact) mass is 220 g/mol. The lowest BCUT2D eigenvalue weighted by atomic mass is 9.82. The van der Waals surface area contributed by atoms with Crippen LogP contribution in [0.3, 0.4) is 0 Å². The smallest absolute Gasteiger partial charge is 0.142 e. The van der Waals surface area contributed by atoms with Crippen LogP contribution < -0.4 is 0 Å². The van der Waals surface area contributed by atoms with Gasteiger partial charge in [0.25, 0.3) is 0 Å². The Morgan fingerprint density at radius 2 is 1.62 bits per heavy atom. The molecule has 0 aliphatic heterocycles. The van der Waals surface area contributed by atoms with Crippen molar-refractivity contribution in [1.82, 2.24) is 0 Å². The van der Waals surface area contributed by atoms with Crippen molar-refractivity contribution in [2.24, 2.45) is 5.41 Å². The van der Waals surface area contributed by atoms with Gasteiger partial charge in [-0.15, -0.1) is 0 Å². The van der Waals surface area contributed by atoms with Crippen LogP contribution in [0.4, 0.5) is 0 Å². The highest BCUT2D eigenvalue weighted by Gasteiger charge is 2.24. The molecule has 1 rings (SSSR count). The Bertz CT molecular complexity index is 298. The number of carbonyl (C=O) groups excluding carboxylic acids is 1. The summed E-state index contributed by atoms with van der Waals surface area (Å²) in [6, 6.07) is 9.93. The van der Waals surface area contributed by atoms with E-state index in [1.165, 1.54) is 0 Å². The van der Waals surface area contributed by atoms with Crippen molar-refractivity contribution in [3.63, 3.8) is 0 Å². The van der Waals surface area contributed by atoms with E-state index >= 15 is 0 Å². The van der Waals surface area contributed by atoms with Gasteiger partial charge in [-0.3, -0.25) is 4.79 Å². The van der Waals surface area contributed by atoms with Gasteiger partial charge < -0.3 is 0 Å². The lowest BCUT2D eigenvalue weighted by Gasteiger charge is -2.20. The Morgan fingerprint density at radius 3 is 2.06 bits per heavy atom. The quantitative estimate of drug-likeness (QED) is 0.741. The molecule has 1 heteroatoms. The van der Waals surface area contributed by atoms with Gasteiger partial charge in [0, 0.05) is 11.8 Å². The molecule has 0 aromatic heterocycles. The zero-order valence-corrected chi connectivity index (χ0v) is 11.2. The highest BCUT2D eigenvalue weighted by Crippen LogP contribution is 2.22. The van der Waals surface area contributed by atoms with Gasteiger partial charge in [0.15, 0.2) is 0 Å². The molecule has 0 bridgehead atoms. The molecular weight excluding hydrogens is 196 g/mol. The maximum atomic E-state index is 11.9. The topological polar surface area (TPSA) is 17.1 Å². The van der Waals surface area contributed by atoms with E-state index in [1.54, 1.807) is 0 Å². The van der Waals surface area contributed by atoms with Crippen molar-refractivity contribution in [3.8, 4) is 0 Å². The molecule has 90 valence electrons. The standard InChI is InChI=1S/C13H18O.C2H6/c1-4-13(2,3)12(14)10-11-8-6-5-7-9-11;1-2/h5-9H,4,10H2,1-3H3;1-2H3. The molecule has 0 saturated heterocycles. The minimum Gasteiger partial charge on any atom is -0.299 e. The summed E-state index contributed by atoms with van der Waals surface area (Å²) in [4.78, 5) is 11.9. The molecule has 0 radical (unpaired) electrons. The van der Waals surface area contributed by atoms with Crippen LogP contribution in [-0.4, -0.2) is 5.78 Å². The number of Topliss-reactive ketones (excluding diaryl/α,β-unsaturated/α-hetero) is 1. The van der Waals surface area contributed by atoms with Gasteiger partial charge in [0.1, 0.15) is 5.78 Å². The molecule has 0 spiro atoms. The van der Waals surface area contributed by atoms with E-state index in [0.717, 1.165) is 12.0 Å². The molecule has 0 saturated carbocycles. The van der Waals surface area contributed by atoms with E-state index in [0.29, 0.717) is 12.2 Å². The lowest BCUT2D eigenvalue weighted by molar-refractivity contribution is -0.126. The summed E-state index contributed by atoms with van der Waals surface area (Å²) in [7, 11) is 0. The molecule has 0 unspecified atom stereocenters. The summed E-state index contributed by atoms with van der Waals surface area (Å²) in [5.74, 6) is 0.325. The van der Waals surface area contributed by atoms with Crippen molar-refractivity contribution < 1.29 is 4.79 Å². The van der Waals surface area contributed by atoms with E-state index in [1.807, 2.05) is 58.0 Å². The molecule has 16 heavy (non-hydrogen) atoms. The minimum atomic E-state index is -0.185. The molecule has 1 aromatic carbocycles. The first-order valence-corrected chi connectivity index (χ1v) is 6.13. The number of hydrogen-bond acceptors (Lipinski definition) is 1. The van der Waals surface area contributed by atoms with Gasteiger partial charge in [0.2, 0.25) is 0 Å². The van der Waals surface area contributed by atoms with E-state index in [9.17, 15) is 4.79 Å². The van der Waals surface area contributed by atoms with Crippen molar-refractivity contribution >= 4 is 5.78 Å². The molecule has 0 atom stereocenters. The summed E-state index contributed by atoms with van der Waals surface area (Å²) in [5, 5.41) is 0. The summed E-state index contributed by atoms with van der Waals surface area (Å²) in [5.41, 5.74) is 0.926. The first-order valence-electron chi connectivity index (χ1n) is 6.13. The fraction of sp³-hybridized carbons (Fsp3) is 0.533. The van der Waals surface area contributed by atoms with Crippen molar-refractivity contribution in [3.05, 3.63) is 35.9 Å². The molecular formula is C15H24O. The molecule has 0 amide bonds. The van der Waals surface area contributed by atoms with Crippen molar-refractivity contribution in [2.45, 2.75) is 47.5 Å². The Kier molecular flexibility index (Phi) is 6.71. The van der Waals surface area contributed by atoms with Gasteiger partial charge in [-0.05, 0) is 12.0 Å². The maximum absolute atomic E-state index is 11.9. The van der Waals surface area contributed by atoms with Crippen molar-refractivity contribution in [1.29, 1.82) is 0 Å². The number of benzene rings is 1. The zero-order valence-electron chi connectivity index (χ0n) is 11.2. The fourth-order valence-electron chi connectivity index (χ4n) is 1.22. The SMILES string of the molecule is CC.CCC(C)(C)C(=O)Cc1ccccc1. The summed E-state index contributed by atoms with van der Waals surface area (Å²) >= 11 is 0. The van der Waals surface area contributed by atoms with Crippen LogP contribution in [0.5, 0.6) is 0 Å². The first kappa shape index (κ1) is 14.9. The lowest BCUT2D eigenvalue weighted by Crippen LogP contribution is -2.24. The van der Waals surface area contributed by atoms with E-state index < -0.39 is 0 Å². The largest absolute Gasteiger partial charge is 0.299 e. The van der Waals surface area contributed by atoms with Gasteiger partial charge in [-0.25, -0.2) is 0 Å². The second-order valence-electron chi connectivity index (χ2n) is 4.32. The van der Waals surface area contributed by atoms with Gasteiger partial charge >= 0.3 is 0 Å². The third kappa shape index (κ3) is 4.61. The van der Waals surface area contributed by atoms with Gasteiger partial charge in [0.05, 0.1) is 0 Å². The van der Waals surface area contributed by atoms with Crippen LogP contribution >= 0.6 is 0 Å². The highest BCUT2D eigenvalue weighted by molar-refractivity contribution is 5.86. The molecule has 0 N–H and O–H groups in total. The molecule has 0 aliphatic carbocycles. The molecule has 0 aliphatic rings. The van der Waals surface area contributed by atoms with Crippen LogP contribution in [0.25, 0.3) is 0 Å². The average Bonchev–Trinajstić information content (AvgIpc) is 2.33. The number of hydrogen-bond donors (Lipinski definition) is 0. The van der Waals surface area contributed by atoms with Crippen LogP contribution in [0.15, 0.2) is 30.3 Å². The van der Waals surface area contributed by atoms with E-state index in [-0.39, 0.29) is 5.41 Å². The van der Waals surface area contributed by atoms with Gasteiger partial charge in [-0.1, -0.05) is 65.0 Å². The minimum absolute atomic E-state index is 0.185. The van der Waals surface area contributed by atoms with E-state index in [2.05, 4.69) is 6.92 Å². The Hall–Kier alpha value is -1.11. The third-order valence-corrected chi connectivity index (χ3v) is 2.85. The number of ketones is 1. The summed E-state index contributed by atoms with van der Waals surface area (Å²) in [6.45, 7) is 10.1. The first-order chi connectivity index (χ1) is 7.56. The second kappa shape index (κ2) is 7.21. The summed E-state index contributed by atoms with van der Waals surface area (Å²) < 4.78 is 0. The average molecular weight is 220 g/mol. The summed E-state index contributed by atoms with van der Waals surface area (Å²) in [6.07, 6.45) is 1.46. The maximum Gasteiger partial charge on any atom is 0.142 e. The predicted octanol–water partition coefficient (Wildman–Crippen LogP) is 4.26. The Morgan fingerprint density at radius 1 is 1.12 bits per heavy atom. The highest BCUT2D eigenvalue weighted by atomic mass is 16.1. The van der Waals surface area contributed by atoms with E-state index in [4.69, 9.17) is 0 Å². The number of rotatable bonds is 4.